The maximum atomic E-state index is 12.5. The molecule has 2 aromatic carbocycles. The summed E-state index contributed by atoms with van der Waals surface area (Å²) >= 11 is 0. The molecular formula is C22H28N2O2. The van der Waals surface area contributed by atoms with Crippen molar-refractivity contribution >= 4 is 17.5 Å². The molecule has 1 fully saturated rings. The van der Waals surface area contributed by atoms with Crippen molar-refractivity contribution in [1.82, 2.24) is 0 Å². The molecule has 0 saturated heterocycles. The SMILES string of the molecule is CCN(CC)c1ccc(NC(=O)OC(c2ccccc2)C2CC2)c(C)c1. The standard InChI is InChI=1S/C22H28N2O2/c1-4-24(5-2)19-13-14-20(16(3)15-19)23-22(25)26-21(18-11-12-18)17-9-7-6-8-10-17/h6-10,13-15,18,21H,4-5,11-12H2,1-3H3,(H,23,25). The molecule has 4 nitrogen and oxygen atoms in total. The van der Waals surface area contributed by atoms with E-state index >= 15 is 0 Å². The summed E-state index contributed by atoms with van der Waals surface area (Å²) in [4.78, 5) is 14.8. The third kappa shape index (κ3) is 4.37. The highest BCUT2D eigenvalue weighted by atomic mass is 16.6. The molecule has 1 atom stereocenters. The molecule has 3 rings (SSSR count). The molecule has 1 N–H and O–H groups in total. The van der Waals surface area contributed by atoms with E-state index in [0.717, 1.165) is 42.7 Å². The molecule has 4 heteroatoms. The van der Waals surface area contributed by atoms with Gasteiger partial charge < -0.3 is 9.64 Å². The minimum absolute atomic E-state index is 0.161. The van der Waals surface area contributed by atoms with E-state index in [2.05, 4.69) is 30.1 Å². The number of aryl methyl sites for hydroxylation is 1. The van der Waals surface area contributed by atoms with E-state index < -0.39 is 0 Å². The Morgan fingerprint density at radius 3 is 2.42 bits per heavy atom. The van der Waals surface area contributed by atoms with Crippen LogP contribution in [0, 0.1) is 12.8 Å². The summed E-state index contributed by atoms with van der Waals surface area (Å²) in [6.07, 6.45) is 1.69. The Hall–Kier alpha value is -2.49. The van der Waals surface area contributed by atoms with Crippen LogP contribution in [0.1, 0.15) is 43.9 Å². The van der Waals surface area contributed by atoms with E-state index in [1.54, 1.807) is 0 Å². The summed E-state index contributed by atoms with van der Waals surface area (Å²) in [7, 11) is 0. The minimum Gasteiger partial charge on any atom is -0.441 e. The van der Waals surface area contributed by atoms with Crippen molar-refractivity contribution in [2.75, 3.05) is 23.3 Å². The Kier molecular flexibility index (Phi) is 5.82. The van der Waals surface area contributed by atoms with Gasteiger partial charge in [0, 0.05) is 30.4 Å². The Labute approximate surface area is 156 Å². The highest BCUT2D eigenvalue weighted by Crippen LogP contribution is 2.43. The molecule has 138 valence electrons. The molecular weight excluding hydrogens is 324 g/mol. The number of benzene rings is 2. The molecule has 0 aliphatic heterocycles. The molecule has 0 aromatic heterocycles. The topological polar surface area (TPSA) is 41.6 Å². The number of carbonyl (C=O) groups excluding carboxylic acids is 1. The van der Waals surface area contributed by atoms with Crippen molar-refractivity contribution in [2.24, 2.45) is 5.92 Å². The van der Waals surface area contributed by atoms with Crippen molar-refractivity contribution in [3.05, 3.63) is 59.7 Å². The van der Waals surface area contributed by atoms with E-state index in [9.17, 15) is 4.79 Å². The van der Waals surface area contributed by atoms with Crippen LogP contribution in [0.2, 0.25) is 0 Å². The highest BCUT2D eigenvalue weighted by molar-refractivity contribution is 5.86. The minimum atomic E-state index is -0.385. The second-order valence-corrected chi connectivity index (χ2v) is 6.87. The van der Waals surface area contributed by atoms with Crippen LogP contribution in [0.3, 0.4) is 0 Å². The first kappa shape index (κ1) is 18.3. The Morgan fingerprint density at radius 1 is 1.15 bits per heavy atom. The number of hydrogen-bond donors (Lipinski definition) is 1. The quantitative estimate of drug-likeness (QED) is 0.711. The number of ether oxygens (including phenoxy) is 1. The van der Waals surface area contributed by atoms with Crippen LogP contribution in [0.15, 0.2) is 48.5 Å². The fourth-order valence-electron chi connectivity index (χ4n) is 3.31. The lowest BCUT2D eigenvalue weighted by Crippen LogP contribution is -2.22. The second kappa shape index (κ2) is 8.26. The van der Waals surface area contributed by atoms with Crippen LogP contribution in [0.25, 0.3) is 0 Å². The summed E-state index contributed by atoms with van der Waals surface area (Å²) in [5.74, 6) is 0.439. The van der Waals surface area contributed by atoms with Gasteiger partial charge >= 0.3 is 6.09 Å². The summed E-state index contributed by atoms with van der Waals surface area (Å²) in [6.45, 7) is 8.22. The number of anilines is 2. The van der Waals surface area contributed by atoms with Gasteiger partial charge in [-0.15, -0.1) is 0 Å². The summed E-state index contributed by atoms with van der Waals surface area (Å²) in [5, 5.41) is 2.92. The molecule has 1 unspecified atom stereocenters. The summed E-state index contributed by atoms with van der Waals surface area (Å²) in [5.41, 5.74) is 4.08. The first-order valence-electron chi connectivity index (χ1n) is 9.50. The van der Waals surface area contributed by atoms with Gasteiger partial charge in [0.05, 0.1) is 0 Å². The van der Waals surface area contributed by atoms with Crippen molar-refractivity contribution < 1.29 is 9.53 Å². The van der Waals surface area contributed by atoms with Crippen molar-refractivity contribution in [3.63, 3.8) is 0 Å². The molecule has 26 heavy (non-hydrogen) atoms. The first-order chi connectivity index (χ1) is 12.6. The van der Waals surface area contributed by atoms with E-state index in [0.29, 0.717) is 5.92 Å². The van der Waals surface area contributed by atoms with Crippen LogP contribution >= 0.6 is 0 Å². The number of nitrogens with zero attached hydrogens (tertiary/aromatic N) is 1. The number of hydrogen-bond acceptors (Lipinski definition) is 3. The predicted octanol–water partition coefficient (Wildman–Crippen LogP) is 5.54. The fourth-order valence-corrected chi connectivity index (χ4v) is 3.31. The van der Waals surface area contributed by atoms with Crippen LogP contribution in [0.4, 0.5) is 16.2 Å². The fraction of sp³-hybridized carbons (Fsp3) is 0.409. The van der Waals surface area contributed by atoms with Gasteiger partial charge in [0.1, 0.15) is 6.10 Å². The zero-order valence-electron chi connectivity index (χ0n) is 15.9. The number of nitrogens with one attached hydrogen (secondary N) is 1. The van der Waals surface area contributed by atoms with Crippen LogP contribution < -0.4 is 10.2 Å². The van der Waals surface area contributed by atoms with Gasteiger partial charge in [-0.2, -0.15) is 0 Å². The van der Waals surface area contributed by atoms with Gasteiger partial charge in [-0.25, -0.2) is 4.79 Å². The van der Waals surface area contributed by atoms with Crippen molar-refractivity contribution in [3.8, 4) is 0 Å². The van der Waals surface area contributed by atoms with E-state index in [1.807, 2.05) is 49.4 Å². The van der Waals surface area contributed by atoms with Gasteiger partial charge in [0.25, 0.3) is 0 Å². The van der Waals surface area contributed by atoms with E-state index in [-0.39, 0.29) is 12.2 Å². The summed E-state index contributed by atoms with van der Waals surface area (Å²) in [6, 6.07) is 16.1. The average molecular weight is 352 g/mol. The summed E-state index contributed by atoms with van der Waals surface area (Å²) < 4.78 is 5.78. The molecule has 0 spiro atoms. The molecule has 0 heterocycles. The number of carbonyl (C=O) groups is 1. The maximum Gasteiger partial charge on any atom is 0.412 e. The van der Waals surface area contributed by atoms with Gasteiger partial charge in [0.15, 0.2) is 0 Å². The normalized spacial score (nSPS) is 14.6. The average Bonchev–Trinajstić information content (AvgIpc) is 3.49. The lowest BCUT2D eigenvalue weighted by atomic mass is 10.1. The number of amides is 1. The molecule has 1 amide bonds. The van der Waals surface area contributed by atoms with Crippen molar-refractivity contribution in [1.29, 1.82) is 0 Å². The lowest BCUT2D eigenvalue weighted by Gasteiger charge is -2.22. The maximum absolute atomic E-state index is 12.5. The van der Waals surface area contributed by atoms with Gasteiger partial charge in [-0.1, -0.05) is 30.3 Å². The van der Waals surface area contributed by atoms with Crippen LogP contribution in [-0.2, 0) is 4.74 Å². The molecule has 0 radical (unpaired) electrons. The predicted molar refractivity (Wildman–Crippen MR) is 107 cm³/mol. The third-order valence-corrected chi connectivity index (χ3v) is 4.99. The zero-order chi connectivity index (χ0) is 18.5. The highest BCUT2D eigenvalue weighted by Gasteiger charge is 2.35. The molecule has 1 aliphatic rings. The monoisotopic (exact) mass is 352 g/mol. The molecule has 1 aliphatic carbocycles. The van der Waals surface area contributed by atoms with E-state index in [4.69, 9.17) is 4.74 Å². The van der Waals surface area contributed by atoms with E-state index in [1.165, 1.54) is 5.69 Å². The Morgan fingerprint density at radius 2 is 1.85 bits per heavy atom. The Bertz CT molecular complexity index is 737. The molecule has 0 bridgehead atoms. The third-order valence-electron chi connectivity index (χ3n) is 4.99. The van der Waals surface area contributed by atoms with Crippen LogP contribution in [-0.4, -0.2) is 19.2 Å². The molecule has 1 saturated carbocycles. The Balaban J connectivity index is 1.67. The largest absolute Gasteiger partial charge is 0.441 e. The first-order valence-corrected chi connectivity index (χ1v) is 9.50. The van der Waals surface area contributed by atoms with Gasteiger partial charge in [-0.3, -0.25) is 5.32 Å². The van der Waals surface area contributed by atoms with Crippen LogP contribution in [0.5, 0.6) is 0 Å². The second-order valence-electron chi connectivity index (χ2n) is 6.87. The zero-order valence-corrected chi connectivity index (χ0v) is 15.9. The van der Waals surface area contributed by atoms with Gasteiger partial charge in [-0.05, 0) is 62.9 Å². The smallest absolute Gasteiger partial charge is 0.412 e. The molecule has 2 aromatic rings. The number of rotatable bonds is 7. The lowest BCUT2D eigenvalue weighted by molar-refractivity contribution is 0.0975. The van der Waals surface area contributed by atoms with Crippen molar-refractivity contribution in [2.45, 2.75) is 39.7 Å². The van der Waals surface area contributed by atoms with Gasteiger partial charge in [0.2, 0.25) is 0 Å².